The van der Waals surface area contributed by atoms with Crippen molar-refractivity contribution in [1.29, 1.82) is 0 Å². The smallest absolute Gasteiger partial charge is 0.237 e. The second-order valence-corrected chi connectivity index (χ2v) is 4.98. The van der Waals surface area contributed by atoms with Crippen molar-refractivity contribution < 1.29 is 4.79 Å². The van der Waals surface area contributed by atoms with Gasteiger partial charge in [-0.3, -0.25) is 4.79 Å². The van der Waals surface area contributed by atoms with Gasteiger partial charge in [0.15, 0.2) is 0 Å². The molecule has 0 spiro atoms. The Bertz CT molecular complexity index is 382. The van der Waals surface area contributed by atoms with E-state index < -0.39 is 6.04 Å². The van der Waals surface area contributed by atoms with E-state index in [0.29, 0.717) is 12.5 Å². The van der Waals surface area contributed by atoms with Crippen molar-refractivity contribution in [3.63, 3.8) is 0 Å². The first kappa shape index (κ1) is 13.8. The lowest BCUT2D eigenvalue weighted by Gasteiger charge is -2.14. The molecule has 0 bridgehead atoms. The fourth-order valence-electron chi connectivity index (χ4n) is 1.77. The van der Waals surface area contributed by atoms with Crippen LogP contribution in [0, 0.1) is 12.8 Å². The summed E-state index contributed by atoms with van der Waals surface area (Å²) in [5.41, 5.74) is 8.08. The minimum absolute atomic E-state index is 0.0717. The molecule has 1 amide bonds. The average molecular weight is 237 g/mol. The van der Waals surface area contributed by atoms with Crippen molar-refractivity contribution in [3.05, 3.63) is 23.5 Å². The third kappa shape index (κ3) is 3.89. The van der Waals surface area contributed by atoms with Gasteiger partial charge in [-0.15, -0.1) is 0 Å². The van der Waals surface area contributed by atoms with E-state index in [9.17, 15) is 4.79 Å². The van der Waals surface area contributed by atoms with E-state index in [1.165, 1.54) is 5.69 Å². The summed E-state index contributed by atoms with van der Waals surface area (Å²) in [5, 5.41) is 2.87. The molecule has 0 aliphatic carbocycles. The maximum atomic E-state index is 11.7. The van der Waals surface area contributed by atoms with Crippen LogP contribution in [-0.2, 0) is 18.4 Å². The largest absolute Gasteiger partial charge is 0.350 e. The van der Waals surface area contributed by atoms with Gasteiger partial charge in [-0.25, -0.2) is 0 Å². The van der Waals surface area contributed by atoms with Gasteiger partial charge >= 0.3 is 0 Å². The van der Waals surface area contributed by atoms with Crippen LogP contribution in [0.4, 0.5) is 0 Å². The molecular weight excluding hydrogens is 214 g/mol. The molecule has 0 aliphatic heterocycles. The van der Waals surface area contributed by atoms with Crippen molar-refractivity contribution in [3.8, 4) is 0 Å². The molecule has 0 aromatic carbocycles. The van der Waals surface area contributed by atoms with Crippen LogP contribution in [0.25, 0.3) is 0 Å². The molecule has 96 valence electrons. The van der Waals surface area contributed by atoms with Gasteiger partial charge in [0.25, 0.3) is 0 Å². The van der Waals surface area contributed by atoms with Crippen LogP contribution in [-0.4, -0.2) is 16.5 Å². The van der Waals surface area contributed by atoms with Gasteiger partial charge in [0, 0.05) is 18.4 Å². The van der Waals surface area contributed by atoms with Crippen LogP contribution >= 0.6 is 0 Å². The van der Waals surface area contributed by atoms with Gasteiger partial charge in [0.1, 0.15) is 0 Å². The standard InChI is InChI=1S/C13H23N3O/c1-9(2)7-12(14)13(17)15-8-11-6-5-10(3)16(11)4/h5-6,9,12H,7-8,14H2,1-4H3,(H,15,17)/t12-/m0/s1. The Morgan fingerprint density at radius 2 is 2.12 bits per heavy atom. The summed E-state index contributed by atoms with van der Waals surface area (Å²) < 4.78 is 2.06. The number of rotatable bonds is 5. The van der Waals surface area contributed by atoms with Crippen molar-refractivity contribution in [2.24, 2.45) is 18.7 Å². The molecule has 3 N–H and O–H groups in total. The lowest BCUT2D eigenvalue weighted by atomic mass is 10.0. The summed E-state index contributed by atoms with van der Waals surface area (Å²) in [5.74, 6) is 0.366. The van der Waals surface area contributed by atoms with E-state index in [2.05, 4.69) is 23.7 Å². The van der Waals surface area contributed by atoms with Gasteiger partial charge in [-0.1, -0.05) is 13.8 Å². The summed E-state index contributed by atoms with van der Waals surface area (Å²) in [6.07, 6.45) is 0.720. The van der Waals surface area contributed by atoms with Crippen LogP contribution in [0.2, 0.25) is 0 Å². The molecule has 1 aromatic rings. The molecule has 0 fully saturated rings. The van der Waals surface area contributed by atoms with E-state index >= 15 is 0 Å². The molecule has 0 saturated carbocycles. The summed E-state index contributed by atoms with van der Waals surface area (Å²) in [6.45, 7) is 6.70. The average Bonchev–Trinajstić information content (AvgIpc) is 2.55. The van der Waals surface area contributed by atoms with Crippen molar-refractivity contribution in [2.45, 2.75) is 39.8 Å². The quantitative estimate of drug-likeness (QED) is 0.811. The Labute approximate surface area is 103 Å². The van der Waals surface area contributed by atoms with E-state index in [1.807, 2.05) is 26.1 Å². The number of nitrogens with zero attached hydrogens (tertiary/aromatic N) is 1. The van der Waals surface area contributed by atoms with Crippen molar-refractivity contribution in [1.82, 2.24) is 9.88 Å². The van der Waals surface area contributed by atoms with Gasteiger partial charge in [0.05, 0.1) is 12.6 Å². The van der Waals surface area contributed by atoms with Crippen molar-refractivity contribution >= 4 is 5.91 Å². The van der Waals surface area contributed by atoms with Crippen LogP contribution in [0.1, 0.15) is 31.7 Å². The van der Waals surface area contributed by atoms with Crippen molar-refractivity contribution in [2.75, 3.05) is 0 Å². The molecule has 1 aromatic heterocycles. The highest BCUT2D eigenvalue weighted by Crippen LogP contribution is 2.06. The number of hydrogen-bond donors (Lipinski definition) is 2. The lowest BCUT2D eigenvalue weighted by molar-refractivity contribution is -0.122. The number of nitrogens with two attached hydrogens (primary N) is 1. The van der Waals surface area contributed by atoms with Crippen LogP contribution in [0.5, 0.6) is 0 Å². The Morgan fingerprint density at radius 3 is 2.59 bits per heavy atom. The molecule has 0 unspecified atom stereocenters. The Morgan fingerprint density at radius 1 is 1.47 bits per heavy atom. The van der Waals surface area contributed by atoms with E-state index in [1.54, 1.807) is 0 Å². The molecule has 1 heterocycles. The molecule has 1 rings (SSSR count). The number of nitrogens with one attached hydrogen (secondary N) is 1. The highest BCUT2D eigenvalue weighted by Gasteiger charge is 2.14. The zero-order valence-corrected chi connectivity index (χ0v) is 11.2. The number of carbonyl (C=O) groups excluding carboxylic acids is 1. The summed E-state index contributed by atoms with van der Waals surface area (Å²) in [4.78, 5) is 11.7. The van der Waals surface area contributed by atoms with Gasteiger partial charge < -0.3 is 15.6 Å². The maximum absolute atomic E-state index is 11.7. The molecule has 0 saturated heterocycles. The zero-order valence-electron chi connectivity index (χ0n) is 11.2. The third-order valence-corrected chi connectivity index (χ3v) is 2.98. The Balaban J connectivity index is 2.45. The van der Waals surface area contributed by atoms with Gasteiger partial charge in [0.2, 0.25) is 5.91 Å². The van der Waals surface area contributed by atoms with Gasteiger partial charge in [-0.2, -0.15) is 0 Å². The summed E-state index contributed by atoms with van der Waals surface area (Å²) in [6, 6.07) is 3.65. The molecule has 17 heavy (non-hydrogen) atoms. The van der Waals surface area contributed by atoms with E-state index in [0.717, 1.165) is 12.1 Å². The SMILES string of the molecule is Cc1ccc(CNC(=O)[C@@H](N)CC(C)C)n1C. The zero-order chi connectivity index (χ0) is 13.0. The fraction of sp³-hybridized carbons (Fsp3) is 0.615. The molecule has 4 nitrogen and oxygen atoms in total. The highest BCUT2D eigenvalue weighted by atomic mass is 16.2. The minimum Gasteiger partial charge on any atom is -0.350 e. The van der Waals surface area contributed by atoms with E-state index in [4.69, 9.17) is 5.73 Å². The van der Waals surface area contributed by atoms with Crippen LogP contribution in [0.15, 0.2) is 12.1 Å². The molecule has 0 radical (unpaired) electrons. The van der Waals surface area contributed by atoms with E-state index in [-0.39, 0.29) is 5.91 Å². The second-order valence-electron chi connectivity index (χ2n) is 4.98. The number of aryl methyl sites for hydroxylation is 1. The summed E-state index contributed by atoms with van der Waals surface area (Å²) in [7, 11) is 1.99. The monoisotopic (exact) mass is 237 g/mol. The van der Waals surface area contributed by atoms with Crippen LogP contribution in [0.3, 0.4) is 0 Å². The number of carbonyl (C=O) groups is 1. The second kappa shape index (κ2) is 5.87. The molecule has 0 aliphatic rings. The summed E-state index contributed by atoms with van der Waals surface area (Å²) >= 11 is 0. The Kier molecular flexibility index (Phi) is 4.75. The van der Waals surface area contributed by atoms with Crippen LogP contribution < -0.4 is 11.1 Å². The fourth-order valence-corrected chi connectivity index (χ4v) is 1.77. The first-order chi connectivity index (χ1) is 7.91. The third-order valence-electron chi connectivity index (χ3n) is 2.98. The maximum Gasteiger partial charge on any atom is 0.237 e. The predicted molar refractivity (Wildman–Crippen MR) is 69.4 cm³/mol. The lowest BCUT2D eigenvalue weighted by Crippen LogP contribution is -2.41. The topological polar surface area (TPSA) is 60.1 Å². The highest BCUT2D eigenvalue weighted by molar-refractivity contribution is 5.81. The first-order valence-corrected chi connectivity index (χ1v) is 6.06. The number of hydrogen-bond acceptors (Lipinski definition) is 2. The normalized spacial score (nSPS) is 12.8. The number of amides is 1. The molecule has 4 heteroatoms. The predicted octanol–water partition coefficient (Wildman–Crippen LogP) is 1.32. The van der Waals surface area contributed by atoms with Gasteiger partial charge in [-0.05, 0) is 31.4 Å². The Hall–Kier alpha value is -1.29. The minimum atomic E-state index is -0.406. The first-order valence-electron chi connectivity index (χ1n) is 6.06. The number of aromatic nitrogens is 1. The molecule has 1 atom stereocenters. The molecular formula is C13H23N3O.